The minimum atomic E-state index is -3.96. The molecule has 0 saturated heterocycles. The van der Waals surface area contributed by atoms with E-state index in [1.54, 1.807) is 49.4 Å². The van der Waals surface area contributed by atoms with Crippen molar-refractivity contribution in [3.05, 3.63) is 82.2 Å². The summed E-state index contributed by atoms with van der Waals surface area (Å²) in [5, 5.41) is 0.0545. The van der Waals surface area contributed by atoms with Crippen molar-refractivity contribution in [2.45, 2.75) is 18.4 Å². The van der Waals surface area contributed by atoms with Crippen molar-refractivity contribution in [1.29, 1.82) is 0 Å². The van der Waals surface area contributed by atoms with Crippen molar-refractivity contribution >= 4 is 44.1 Å². The first-order chi connectivity index (χ1) is 15.3. The Morgan fingerprint density at radius 1 is 1.00 bits per heavy atom. The third kappa shape index (κ3) is 4.02. The lowest BCUT2D eigenvalue weighted by Gasteiger charge is -2.12. The Hall–Kier alpha value is -3.50. The zero-order valence-corrected chi connectivity index (χ0v) is 18.5. The average Bonchev–Trinajstić information content (AvgIpc) is 3.28. The molecule has 2 heterocycles. The predicted octanol–water partition coefficient (Wildman–Crippen LogP) is 3.52. The highest BCUT2D eigenvalue weighted by Crippen LogP contribution is 2.33. The van der Waals surface area contributed by atoms with Crippen LogP contribution in [0.4, 0.5) is 5.00 Å². The second-order valence-electron chi connectivity index (χ2n) is 6.84. The fourth-order valence-corrected chi connectivity index (χ4v) is 5.64. The monoisotopic (exact) mass is 470 g/mol. The SMILES string of the molecule is CCOC(=O)c1cc(CN2C(=O)c3ccccc3C2=O)sc1NS(=O)(=O)c1ccccc1. The lowest BCUT2D eigenvalue weighted by molar-refractivity contribution is 0.0527. The van der Waals surface area contributed by atoms with E-state index in [2.05, 4.69) is 4.72 Å². The van der Waals surface area contributed by atoms with E-state index in [9.17, 15) is 22.8 Å². The second-order valence-corrected chi connectivity index (χ2v) is 9.66. The fraction of sp³-hybridized carbons (Fsp3) is 0.136. The Bertz CT molecular complexity index is 1280. The first kappa shape index (κ1) is 21.7. The van der Waals surface area contributed by atoms with Gasteiger partial charge in [0.1, 0.15) is 5.00 Å². The van der Waals surface area contributed by atoms with Crippen LogP contribution in [0.25, 0.3) is 0 Å². The van der Waals surface area contributed by atoms with Gasteiger partial charge in [-0.3, -0.25) is 19.2 Å². The molecule has 0 radical (unpaired) electrons. The van der Waals surface area contributed by atoms with E-state index in [0.29, 0.717) is 16.0 Å². The summed E-state index contributed by atoms with van der Waals surface area (Å²) in [4.78, 5) is 39.3. The van der Waals surface area contributed by atoms with E-state index in [4.69, 9.17) is 4.74 Å². The number of benzene rings is 2. The van der Waals surface area contributed by atoms with E-state index in [-0.39, 0.29) is 28.6 Å². The van der Waals surface area contributed by atoms with E-state index < -0.39 is 27.8 Å². The summed E-state index contributed by atoms with van der Waals surface area (Å²) in [5.74, 6) is -1.59. The highest BCUT2D eigenvalue weighted by Gasteiger charge is 2.36. The third-order valence-corrected chi connectivity index (χ3v) is 7.28. The summed E-state index contributed by atoms with van der Waals surface area (Å²) in [6, 6.07) is 15.7. The van der Waals surface area contributed by atoms with Gasteiger partial charge in [-0.15, -0.1) is 11.3 Å². The van der Waals surface area contributed by atoms with Gasteiger partial charge in [-0.2, -0.15) is 0 Å². The molecule has 0 fully saturated rings. The molecular formula is C22H18N2O6S2. The van der Waals surface area contributed by atoms with E-state index >= 15 is 0 Å². The Morgan fingerprint density at radius 2 is 1.59 bits per heavy atom. The first-order valence-corrected chi connectivity index (χ1v) is 11.9. The number of nitrogens with zero attached hydrogens (tertiary/aromatic N) is 1. The van der Waals surface area contributed by atoms with Gasteiger partial charge in [-0.25, -0.2) is 13.2 Å². The number of imide groups is 1. The molecule has 0 unspecified atom stereocenters. The summed E-state index contributed by atoms with van der Waals surface area (Å²) in [6.45, 7) is 1.64. The standard InChI is InChI=1S/C22H18N2O6S2/c1-2-30-22(27)18-12-14(13-24-20(25)16-10-6-7-11-17(16)21(24)26)31-19(18)23-32(28,29)15-8-4-3-5-9-15/h3-12,23H,2,13H2,1H3. The van der Waals surface area contributed by atoms with Crippen LogP contribution in [-0.2, 0) is 21.3 Å². The Balaban J connectivity index is 1.66. The Labute approximate surface area is 188 Å². The molecule has 3 aromatic rings. The molecular weight excluding hydrogens is 452 g/mol. The Kier molecular flexibility index (Phi) is 5.81. The zero-order chi connectivity index (χ0) is 22.9. The summed E-state index contributed by atoms with van der Waals surface area (Å²) >= 11 is 0.968. The van der Waals surface area contributed by atoms with E-state index in [0.717, 1.165) is 16.2 Å². The van der Waals surface area contributed by atoms with Crippen LogP contribution in [0.3, 0.4) is 0 Å². The van der Waals surface area contributed by atoms with Gasteiger partial charge in [0.05, 0.1) is 34.7 Å². The number of sulfonamides is 1. The maximum absolute atomic E-state index is 12.8. The summed E-state index contributed by atoms with van der Waals surface area (Å²) in [6.07, 6.45) is 0. The molecule has 8 nitrogen and oxygen atoms in total. The Morgan fingerprint density at radius 3 is 2.19 bits per heavy atom. The first-order valence-electron chi connectivity index (χ1n) is 9.64. The van der Waals surface area contributed by atoms with Crippen LogP contribution in [-0.4, -0.2) is 37.7 Å². The van der Waals surface area contributed by atoms with Crippen LogP contribution < -0.4 is 4.72 Å². The number of amides is 2. The van der Waals surface area contributed by atoms with Gasteiger partial charge in [-0.05, 0) is 37.3 Å². The quantitative estimate of drug-likeness (QED) is 0.418. The molecule has 0 atom stereocenters. The number of ether oxygens (including phenoxy) is 1. The molecule has 1 N–H and O–H groups in total. The predicted molar refractivity (Wildman–Crippen MR) is 118 cm³/mol. The van der Waals surface area contributed by atoms with Crippen molar-refractivity contribution in [3.63, 3.8) is 0 Å². The molecule has 1 aliphatic heterocycles. The van der Waals surface area contributed by atoms with Crippen molar-refractivity contribution in [2.75, 3.05) is 11.3 Å². The van der Waals surface area contributed by atoms with Crippen molar-refractivity contribution in [2.24, 2.45) is 0 Å². The molecule has 164 valence electrons. The van der Waals surface area contributed by atoms with Gasteiger partial charge in [0, 0.05) is 4.88 Å². The van der Waals surface area contributed by atoms with Crippen LogP contribution >= 0.6 is 11.3 Å². The lowest BCUT2D eigenvalue weighted by Crippen LogP contribution is -2.28. The van der Waals surface area contributed by atoms with Crippen LogP contribution in [0.5, 0.6) is 0 Å². The molecule has 0 bridgehead atoms. The molecule has 0 aliphatic carbocycles. The molecule has 32 heavy (non-hydrogen) atoms. The van der Waals surface area contributed by atoms with Crippen molar-refractivity contribution < 1.29 is 27.5 Å². The van der Waals surface area contributed by atoms with Crippen LogP contribution in [0, 0.1) is 0 Å². The zero-order valence-electron chi connectivity index (χ0n) is 16.9. The van der Waals surface area contributed by atoms with Crippen LogP contribution in [0.15, 0.2) is 65.6 Å². The minimum Gasteiger partial charge on any atom is -0.462 e. The minimum absolute atomic E-state index is 0.0166. The number of esters is 1. The number of hydrogen-bond acceptors (Lipinski definition) is 7. The van der Waals surface area contributed by atoms with Crippen LogP contribution in [0.2, 0.25) is 0 Å². The fourth-order valence-electron chi connectivity index (χ4n) is 3.28. The van der Waals surface area contributed by atoms with Crippen LogP contribution in [0.1, 0.15) is 42.9 Å². The molecule has 2 aromatic carbocycles. The van der Waals surface area contributed by atoms with Gasteiger partial charge in [0.2, 0.25) is 0 Å². The molecule has 0 saturated carbocycles. The molecule has 0 spiro atoms. The maximum Gasteiger partial charge on any atom is 0.341 e. The lowest BCUT2D eigenvalue weighted by atomic mass is 10.1. The molecule has 1 aromatic heterocycles. The second kappa shape index (κ2) is 8.56. The van der Waals surface area contributed by atoms with E-state index in [1.807, 2.05) is 0 Å². The van der Waals surface area contributed by atoms with Gasteiger partial charge >= 0.3 is 5.97 Å². The summed E-state index contributed by atoms with van der Waals surface area (Å²) < 4.78 is 33.0. The maximum atomic E-state index is 12.8. The molecule has 2 amide bonds. The number of thiophene rings is 1. The number of carbonyl (C=O) groups is 3. The van der Waals surface area contributed by atoms with Crippen molar-refractivity contribution in [3.8, 4) is 0 Å². The molecule has 4 rings (SSSR count). The number of anilines is 1. The van der Waals surface area contributed by atoms with Gasteiger partial charge in [0.15, 0.2) is 0 Å². The van der Waals surface area contributed by atoms with Gasteiger partial charge in [-0.1, -0.05) is 30.3 Å². The number of rotatable bonds is 7. The number of fused-ring (bicyclic) bond motifs is 1. The number of hydrogen-bond donors (Lipinski definition) is 1. The highest BCUT2D eigenvalue weighted by molar-refractivity contribution is 7.93. The molecule has 10 heteroatoms. The highest BCUT2D eigenvalue weighted by atomic mass is 32.2. The normalized spacial score (nSPS) is 13.2. The number of carbonyl (C=O) groups excluding carboxylic acids is 3. The number of nitrogens with one attached hydrogen (secondary N) is 1. The van der Waals surface area contributed by atoms with Crippen molar-refractivity contribution in [1.82, 2.24) is 4.90 Å². The molecule has 1 aliphatic rings. The smallest absolute Gasteiger partial charge is 0.341 e. The topological polar surface area (TPSA) is 110 Å². The van der Waals surface area contributed by atoms with E-state index in [1.165, 1.54) is 18.2 Å². The largest absolute Gasteiger partial charge is 0.462 e. The van der Waals surface area contributed by atoms with Gasteiger partial charge < -0.3 is 4.74 Å². The van der Waals surface area contributed by atoms with Gasteiger partial charge in [0.25, 0.3) is 21.8 Å². The third-order valence-electron chi connectivity index (χ3n) is 4.75. The average molecular weight is 471 g/mol. The summed E-state index contributed by atoms with van der Waals surface area (Å²) in [7, 11) is -3.96. The summed E-state index contributed by atoms with van der Waals surface area (Å²) in [5.41, 5.74) is 0.636.